The number of fused-ring (bicyclic) bond motifs is 1. The van der Waals surface area contributed by atoms with Crippen molar-refractivity contribution in [2.24, 2.45) is 0 Å². The molecular formula is C23H32ClFN6O4. The van der Waals surface area contributed by atoms with Gasteiger partial charge in [0.2, 0.25) is 5.95 Å². The highest BCUT2D eigenvalue weighted by atomic mass is 35.5. The molecule has 0 radical (unpaired) electrons. The molecule has 35 heavy (non-hydrogen) atoms. The summed E-state index contributed by atoms with van der Waals surface area (Å²) in [5, 5.41) is 7.89. The third-order valence-corrected chi connectivity index (χ3v) is 6.95. The van der Waals surface area contributed by atoms with E-state index in [0.717, 1.165) is 19.3 Å². The maximum absolute atomic E-state index is 15.0. The van der Waals surface area contributed by atoms with Crippen LogP contribution < -0.4 is 5.32 Å². The third-order valence-electron chi connectivity index (χ3n) is 6.67. The Balaban J connectivity index is 1.53. The summed E-state index contributed by atoms with van der Waals surface area (Å²) in [4.78, 5) is 34.1. The molecule has 2 aromatic rings. The van der Waals surface area contributed by atoms with Crippen LogP contribution in [-0.2, 0) is 19.7 Å². The number of anilines is 1. The van der Waals surface area contributed by atoms with Crippen molar-refractivity contribution in [3.63, 3.8) is 0 Å². The Morgan fingerprint density at radius 3 is 2.63 bits per heavy atom. The van der Waals surface area contributed by atoms with Gasteiger partial charge in [-0.2, -0.15) is 0 Å². The molecule has 10 nitrogen and oxygen atoms in total. The van der Waals surface area contributed by atoms with Crippen LogP contribution in [0.15, 0.2) is 6.20 Å². The van der Waals surface area contributed by atoms with Gasteiger partial charge in [-0.05, 0) is 47.0 Å². The lowest BCUT2D eigenvalue weighted by Crippen LogP contribution is -2.51. The van der Waals surface area contributed by atoms with Crippen molar-refractivity contribution < 1.29 is 23.5 Å². The molecule has 2 aliphatic rings. The molecule has 0 aromatic carbocycles. The van der Waals surface area contributed by atoms with E-state index in [1.807, 2.05) is 6.92 Å². The number of carbonyl (C=O) groups is 2. The summed E-state index contributed by atoms with van der Waals surface area (Å²) in [7, 11) is 0. The van der Waals surface area contributed by atoms with E-state index in [2.05, 4.69) is 20.4 Å². The topological polar surface area (TPSA) is 111 Å². The van der Waals surface area contributed by atoms with Gasteiger partial charge in [0, 0.05) is 13.5 Å². The molecule has 192 valence electrons. The Hall–Kier alpha value is -2.69. The summed E-state index contributed by atoms with van der Waals surface area (Å²) in [5.41, 5.74) is -0.630. The summed E-state index contributed by atoms with van der Waals surface area (Å²) in [6.45, 7) is 8.82. The molecule has 1 aliphatic carbocycles. The first-order chi connectivity index (χ1) is 16.4. The summed E-state index contributed by atoms with van der Waals surface area (Å²) in [5.74, 6) is 0.458. The van der Waals surface area contributed by atoms with E-state index in [-0.39, 0.29) is 23.6 Å². The van der Waals surface area contributed by atoms with Gasteiger partial charge < -0.3 is 19.7 Å². The average Bonchev–Trinajstić information content (AvgIpc) is 3.03. The molecule has 1 amide bonds. The molecule has 4 rings (SSSR count). The first-order valence-corrected chi connectivity index (χ1v) is 12.2. The van der Waals surface area contributed by atoms with Crippen LogP contribution in [0.1, 0.15) is 66.1 Å². The summed E-state index contributed by atoms with van der Waals surface area (Å²) < 4.78 is 27.5. The van der Waals surface area contributed by atoms with Gasteiger partial charge in [-0.25, -0.2) is 23.7 Å². The molecule has 3 atom stereocenters. The van der Waals surface area contributed by atoms with Crippen molar-refractivity contribution in [2.45, 2.75) is 89.6 Å². The Kier molecular flexibility index (Phi) is 6.82. The van der Waals surface area contributed by atoms with Gasteiger partial charge in [0.05, 0.1) is 24.2 Å². The van der Waals surface area contributed by atoms with Crippen LogP contribution in [0, 0.1) is 0 Å². The van der Waals surface area contributed by atoms with Crippen LogP contribution in [0.2, 0.25) is 5.15 Å². The number of esters is 1. The predicted octanol–water partition coefficient (Wildman–Crippen LogP) is 3.91. The number of nitrogens with one attached hydrogen (secondary N) is 1. The zero-order chi connectivity index (χ0) is 25.5. The van der Waals surface area contributed by atoms with E-state index < -0.39 is 35.4 Å². The number of imidazole rings is 1. The number of aromatic nitrogens is 4. The zero-order valence-electron chi connectivity index (χ0n) is 20.7. The average molecular weight is 511 g/mol. The highest BCUT2D eigenvalue weighted by molar-refractivity contribution is 6.32. The second-order valence-electron chi connectivity index (χ2n) is 10.3. The van der Waals surface area contributed by atoms with Crippen molar-refractivity contribution >= 4 is 35.1 Å². The number of hydrogen-bond acceptors (Lipinski definition) is 8. The van der Waals surface area contributed by atoms with Crippen molar-refractivity contribution in [3.8, 4) is 0 Å². The summed E-state index contributed by atoms with van der Waals surface area (Å²) >= 11 is 6.38. The molecule has 3 heterocycles. The Labute approximate surface area is 208 Å². The minimum absolute atomic E-state index is 0.0833. The van der Waals surface area contributed by atoms with Crippen LogP contribution >= 0.6 is 11.6 Å². The van der Waals surface area contributed by atoms with Crippen molar-refractivity contribution in [2.75, 3.05) is 18.4 Å². The smallest absolute Gasteiger partial charge is 0.410 e. The fraction of sp³-hybridized carbons (Fsp3) is 0.696. The number of halogens is 2. The lowest BCUT2D eigenvalue weighted by atomic mass is 9.64. The number of piperidine rings is 1. The number of carbonyl (C=O) groups excluding carboxylic acids is 2. The van der Waals surface area contributed by atoms with Crippen molar-refractivity contribution in [3.05, 3.63) is 17.2 Å². The fourth-order valence-electron chi connectivity index (χ4n) is 4.70. The van der Waals surface area contributed by atoms with Crippen molar-refractivity contribution in [1.82, 2.24) is 24.5 Å². The van der Waals surface area contributed by atoms with E-state index >= 15 is 0 Å². The van der Waals surface area contributed by atoms with Gasteiger partial charge in [0.1, 0.15) is 29.2 Å². The van der Waals surface area contributed by atoms with Crippen LogP contribution in [0.4, 0.5) is 15.1 Å². The number of likely N-dealkylation sites (tertiary alicyclic amines) is 1. The number of hydrogen-bond donors (Lipinski definition) is 1. The molecule has 1 N–H and O–H groups in total. The van der Waals surface area contributed by atoms with E-state index in [9.17, 15) is 14.0 Å². The lowest BCUT2D eigenvalue weighted by Gasteiger charge is -2.44. The molecule has 2 fully saturated rings. The van der Waals surface area contributed by atoms with Gasteiger partial charge >= 0.3 is 12.1 Å². The van der Waals surface area contributed by atoms with Crippen LogP contribution in [0.25, 0.3) is 5.52 Å². The monoisotopic (exact) mass is 510 g/mol. The van der Waals surface area contributed by atoms with E-state index in [4.69, 9.17) is 21.1 Å². The number of rotatable bonds is 5. The van der Waals surface area contributed by atoms with Gasteiger partial charge in [0.15, 0.2) is 5.15 Å². The van der Waals surface area contributed by atoms with Crippen molar-refractivity contribution in [1.29, 1.82) is 0 Å². The molecule has 12 heteroatoms. The molecule has 0 bridgehead atoms. The summed E-state index contributed by atoms with van der Waals surface area (Å²) in [6, 6.07) is -0.578. The number of alkyl halides is 1. The van der Waals surface area contributed by atoms with Gasteiger partial charge in [0.25, 0.3) is 0 Å². The number of ether oxygens (including phenoxy) is 2. The Morgan fingerprint density at radius 1 is 1.34 bits per heavy atom. The van der Waals surface area contributed by atoms with Gasteiger partial charge in [-0.3, -0.25) is 4.79 Å². The van der Waals surface area contributed by atoms with Crippen LogP contribution in [0.5, 0.6) is 0 Å². The van der Waals surface area contributed by atoms with E-state index in [0.29, 0.717) is 24.3 Å². The Bertz CT molecular complexity index is 1120. The predicted molar refractivity (Wildman–Crippen MR) is 127 cm³/mol. The molecule has 2 aromatic heterocycles. The molecule has 1 unspecified atom stereocenters. The standard InChI is InChI=1S/C23H32ClFN6O4/c1-13(34-14(2)32)23(8-6-9-23)19-28-18(24)17-11-26-20(29-31(17)19)27-16-7-10-30(12-15(16)25)21(33)35-22(3,4)5/h11,13,15-16H,6-10,12H2,1-5H3,(H,27,29)/t13?,15-,16+/m1/s1. The normalized spacial score (nSPS) is 22.9. The van der Waals surface area contributed by atoms with E-state index in [1.54, 1.807) is 31.5 Å². The number of amides is 1. The first kappa shape index (κ1) is 25.4. The van der Waals surface area contributed by atoms with E-state index in [1.165, 1.54) is 11.8 Å². The quantitative estimate of drug-likeness (QED) is 0.603. The maximum Gasteiger partial charge on any atom is 0.410 e. The maximum atomic E-state index is 15.0. The molecule has 1 aliphatic heterocycles. The lowest BCUT2D eigenvalue weighted by molar-refractivity contribution is -0.151. The SMILES string of the molecule is CC(=O)OC(C)C1(c2nc(Cl)c3cnc(N[C@H]4CCN(C(=O)OC(C)(C)C)C[C@H]4F)nn23)CCC1. The van der Waals surface area contributed by atoms with Gasteiger partial charge in [-0.15, -0.1) is 5.10 Å². The molecular weight excluding hydrogens is 479 g/mol. The largest absolute Gasteiger partial charge is 0.462 e. The highest BCUT2D eigenvalue weighted by Crippen LogP contribution is 2.47. The molecule has 0 spiro atoms. The van der Waals surface area contributed by atoms with Crippen LogP contribution in [-0.4, -0.2) is 73.6 Å². The second kappa shape index (κ2) is 9.40. The fourth-order valence-corrected chi connectivity index (χ4v) is 4.91. The third kappa shape index (κ3) is 5.14. The minimum Gasteiger partial charge on any atom is -0.462 e. The number of nitrogens with zero attached hydrogens (tertiary/aromatic N) is 5. The molecule has 1 saturated heterocycles. The highest BCUT2D eigenvalue weighted by Gasteiger charge is 2.49. The molecule has 1 saturated carbocycles. The second-order valence-corrected chi connectivity index (χ2v) is 10.7. The zero-order valence-corrected chi connectivity index (χ0v) is 21.4. The Morgan fingerprint density at radius 2 is 2.06 bits per heavy atom. The first-order valence-electron chi connectivity index (χ1n) is 11.9. The summed E-state index contributed by atoms with van der Waals surface area (Å²) in [6.07, 6.45) is 2.17. The van der Waals surface area contributed by atoms with Crippen LogP contribution in [0.3, 0.4) is 0 Å². The minimum atomic E-state index is -1.33. The van der Waals surface area contributed by atoms with Gasteiger partial charge in [-0.1, -0.05) is 18.0 Å².